The molecule has 2 aromatic carbocycles. The normalized spacial score (nSPS) is 11.0. The van der Waals surface area contributed by atoms with Gasteiger partial charge in [0, 0.05) is 12.1 Å². The van der Waals surface area contributed by atoms with E-state index in [1.165, 1.54) is 6.08 Å². The molecular weight excluding hydrogens is 428 g/mol. The number of hydrogen-bond donors (Lipinski definition) is 1. The monoisotopic (exact) mass is 450 g/mol. The Morgan fingerprint density at radius 2 is 1.91 bits per heavy atom. The Kier molecular flexibility index (Phi) is 7.53. The second kappa shape index (κ2) is 10.5. The summed E-state index contributed by atoms with van der Waals surface area (Å²) in [6.07, 6.45) is 2.03. The lowest BCUT2D eigenvalue weighted by atomic mass is 10.1. The molecule has 7 nitrogen and oxygen atoms in total. The van der Waals surface area contributed by atoms with Gasteiger partial charge >= 0.3 is 0 Å². The highest BCUT2D eigenvalue weighted by Gasteiger charge is 2.16. The van der Waals surface area contributed by atoms with Crippen LogP contribution in [0.25, 0.3) is 11.8 Å². The molecule has 0 unspecified atom stereocenters. The van der Waals surface area contributed by atoms with E-state index in [9.17, 15) is 10.1 Å². The van der Waals surface area contributed by atoms with E-state index in [4.69, 9.17) is 21.1 Å². The van der Waals surface area contributed by atoms with Crippen molar-refractivity contribution in [2.45, 2.75) is 13.3 Å². The Morgan fingerprint density at radius 1 is 1.19 bits per heavy atom. The van der Waals surface area contributed by atoms with Crippen LogP contribution >= 0.6 is 11.6 Å². The second-order valence-electron chi connectivity index (χ2n) is 6.90. The zero-order valence-electron chi connectivity index (χ0n) is 18.1. The van der Waals surface area contributed by atoms with Crippen LogP contribution in [0.1, 0.15) is 16.8 Å². The molecule has 0 spiro atoms. The zero-order valence-corrected chi connectivity index (χ0v) is 18.8. The average molecular weight is 451 g/mol. The number of ether oxygens (including phenoxy) is 2. The molecule has 8 heteroatoms. The summed E-state index contributed by atoms with van der Waals surface area (Å²) >= 11 is 6.50. The Morgan fingerprint density at radius 3 is 2.56 bits per heavy atom. The van der Waals surface area contributed by atoms with Gasteiger partial charge in [-0.15, -0.1) is 0 Å². The fourth-order valence-corrected chi connectivity index (χ4v) is 3.49. The molecule has 0 aliphatic rings. The van der Waals surface area contributed by atoms with Crippen molar-refractivity contribution in [3.8, 4) is 23.3 Å². The summed E-state index contributed by atoms with van der Waals surface area (Å²) in [5, 5.41) is 17.1. The van der Waals surface area contributed by atoms with Crippen molar-refractivity contribution in [3.05, 3.63) is 76.1 Å². The summed E-state index contributed by atoms with van der Waals surface area (Å²) in [6, 6.07) is 16.9. The van der Waals surface area contributed by atoms with Gasteiger partial charge in [0.1, 0.15) is 16.8 Å². The van der Waals surface area contributed by atoms with Crippen LogP contribution in [0.4, 0.5) is 0 Å². The number of aromatic nitrogens is 2. The number of methoxy groups -OCH3 is 2. The number of rotatable bonds is 8. The Balaban J connectivity index is 1.72. The number of nitrogens with zero attached hydrogens (tertiary/aromatic N) is 3. The van der Waals surface area contributed by atoms with Crippen LogP contribution in [-0.2, 0) is 11.2 Å². The molecule has 0 saturated heterocycles. The first-order chi connectivity index (χ1) is 15.5. The molecule has 1 N–H and O–H groups in total. The SMILES string of the molecule is COc1ccc(CCNC(=O)/C(C#N)=C/c2c(C)nn(-c3ccccc3)c2Cl)cc1OC. The van der Waals surface area contributed by atoms with Crippen molar-refractivity contribution in [3.63, 3.8) is 0 Å². The number of amides is 1. The summed E-state index contributed by atoms with van der Waals surface area (Å²) in [5.74, 6) is 0.781. The van der Waals surface area contributed by atoms with Gasteiger partial charge in [-0.05, 0) is 49.2 Å². The minimum atomic E-state index is -0.476. The number of para-hydroxylation sites is 1. The van der Waals surface area contributed by atoms with Crippen molar-refractivity contribution in [1.82, 2.24) is 15.1 Å². The van der Waals surface area contributed by atoms with Crippen molar-refractivity contribution in [2.75, 3.05) is 20.8 Å². The van der Waals surface area contributed by atoms with Crippen molar-refractivity contribution in [1.29, 1.82) is 5.26 Å². The molecule has 1 aromatic heterocycles. The van der Waals surface area contributed by atoms with Crippen LogP contribution in [-0.4, -0.2) is 36.5 Å². The third-order valence-corrected chi connectivity index (χ3v) is 5.21. The van der Waals surface area contributed by atoms with Gasteiger partial charge in [0.05, 0.1) is 25.6 Å². The zero-order chi connectivity index (χ0) is 23.1. The van der Waals surface area contributed by atoms with E-state index >= 15 is 0 Å². The number of aryl methyl sites for hydroxylation is 1. The van der Waals surface area contributed by atoms with Crippen LogP contribution in [0.15, 0.2) is 54.1 Å². The molecule has 32 heavy (non-hydrogen) atoms. The number of nitriles is 1. The van der Waals surface area contributed by atoms with Gasteiger partial charge in [-0.3, -0.25) is 4.79 Å². The maximum Gasteiger partial charge on any atom is 0.261 e. The number of nitrogens with one attached hydrogen (secondary N) is 1. The Hall–Kier alpha value is -3.76. The fraction of sp³-hybridized carbons (Fsp3) is 0.208. The highest BCUT2D eigenvalue weighted by Crippen LogP contribution is 2.28. The molecule has 0 atom stereocenters. The van der Waals surface area contributed by atoms with E-state index in [1.807, 2.05) is 54.6 Å². The number of halogens is 1. The lowest BCUT2D eigenvalue weighted by molar-refractivity contribution is -0.117. The summed E-state index contributed by atoms with van der Waals surface area (Å²) in [7, 11) is 3.14. The number of carbonyl (C=O) groups is 1. The van der Waals surface area contributed by atoms with E-state index in [2.05, 4.69) is 10.4 Å². The fourth-order valence-electron chi connectivity index (χ4n) is 3.16. The van der Waals surface area contributed by atoms with E-state index in [-0.39, 0.29) is 5.57 Å². The third-order valence-electron chi connectivity index (χ3n) is 4.85. The van der Waals surface area contributed by atoms with Gasteiger partial charge < -0.3 is 14.8 Å². The van der Waals surface area contributed by atoms with Crippen LogP contribution in [0.2, 0.25) is 5.15 Å². The summed E-state index contributed by atoms with van der Waals surface area (Å²) in [6.45, 7) is 2.13. The molecule has 0 aliphatic carbocycles. The van der Waals surface area contributed by atoms with Gasteiger partial charge in [0.2, 0.25) is 0 Å². The van der Waals surface area contributed by atoms with Crippen molar-refractivity contribution >= 4 is 23.6 Å². The average Bonchev–Trinajstić information content (AvgIpc) is 3.10. The highest BCUT2D eigenvalue weighted by molar-refractivity contribution is 6.31. The summed E-state index contributed by atoms with van der Waals surface area (Å²) < 4.78 is 12.1. The number of carbonyl (C=O) groups excluding carboxylic acids is 1. The lowest BCUT2D eigenvalue weighted by Crippen LogP contribution is -2.26. The lowest BCUT2D eigenvalue weighted by Gasteiger charge is -2.10. The molecule has 1 amide bonds. The third kappa shape index (κ3) is 5.10. The van der Waals surface area contributed by atoms with Crippen molar-refractivity contribution in [2.24, 2.45) is 0 Å². The minimum absolute atomic E-state index is 0.0464. The van der Waals surface area contributed by atoms with Gasteiger partial charge in [0.25, 0.3) is 5.91 Å². The minimum Gasteiger partial charge on any atom is -0.493 e. The van der Waals surface area contributed by atoms with E-state index in [0.29, 0.717) is 40.9 Å². The Labute approximate surface area is 191 Å². The molecule has 164 valence electrons. The first kappa shape index (κ1) is 22.9. The summed E-state index contributed by atoms with van der Waals surface area (Å²) in [4.78, 5) is 12.6. The predicted octanol–water partition coefficient (Wildman–Crippen LogP) is 4.12. The maximum absolute atomic E-state index is 12.6. The molecule has 0 saturated carbocycles. The maximum atomic E-state index is 12.6. The van der Waals surface area contributed by atoms with Gasteiger partial charge in [-0.25, -0.2) is 4.68 Å². The van der Waals surface area contributed by atoms with Gasteiger partial charge in [-0.1, -0.05) is 35.9 Å². The highest BCUT2D eigenvalue weighted by atomic mass is 35.5. The van der Waals surface area contributed by atoms with Crippen LogP contribution in [0.5, 0.6) is 11.5 Å². The molecule has 0 bridgehead atoms. The molecule has 0 radical (unpaired) electrons. The van der Waals surface area contributed by atoms with Crippen LogP contribution in [0.3, 0.4) is 0 Å². The first-order valence-electron chi connectivity index (χ1n) is 9.90. The molecular formula is C24H23ClN4O3. The molecule has 1 heterocycles. The van der Waals surface area contributed by atoms with E-state index in [1.54, 1.807) is 25.8 Å². The van der Waals surface area contributed by atoms with Crippen LogP contribution < -0.4 is 14.8 Å². The number of benzene rings is 2. The van der Waals surface area contributed by atoms with Crippen molar-refractivity contribution < 1.29 is 14.3 Å². The smallest absolute Gasteiger partial charge is 0.261 e. The van der Waals surface area contributed by atoms with Crippen LogP contribution in [0, 0.1) is 18.3 Å². The first-order valence-corrected chi connectivity index (χ1v) is 10.3. The van der Waals surface area contributed by atoms with E-state index in [0.717, 1.165) is 11.3 Å². The molecule has 3 rings (SSSR count). The quantitative estimate of drug-likeness (QED) is 0.412. The number of hydrogen-bond acceptors (Lipinski definition) is 5. The summed E-state index contributed by atoms with van der Waals surface area (Å²) in [5.41, 5.74) is 2.85. The molecule has 3 aromatic rings. The topological polar surface area (TPSA) is 89.2 Å². The van der Waals surface area contributed by atoms with E-state index < -0.39 is 5.91 Å². The molecule has 0 fully saturated rings. The van der Waals surface area contributed by atoms with Gasteiger partial charge in [-0.2, -0.15) is 10.4 Å². The molecule has 0 aliphatic heterocycles. The predicted molar refractivity (Wildman–Crippen MR) is 123 cm³/mol. The Bertz CT molecular complexity index is 1180. The largest absolute Gasteiger partial charge is 0.493 e. The standard InChI is InChI=1S/C24H23ClN4O3/c1-16-20(23(25)29(28-16)19-7-5-4-6-8-19)14-18(15-26)24(30)27-12-11-17-9-10-21(31-2)22(13-17)32-3/h4-10,13-14H,11-12H2,1-3H3,(H,27,30)/b18-14+. The van der Waals surface area contributed by atoms with Gasteiger partial charge in [0.15, 0.2) is 11.5 Å². The second-order valence-corrected chi connectivity index (χ2v) is 7.26.